The van der Waals surface area contributed by atoms with Gasteiger partial charge in [0.25, 0.3) is 0 Å². The van der Waals surface area contributed by atoms with Crippen molar-refractivity contribution in [1.82, 2.24) is 4.98 Å². The highest BCUT2D eigenvalue weighted by atomic mass is 16.3. The number of aliphatic hydroxyl groups is 1. The Bertz CT molecular complexity index is 245. The number of aromatic nitrogens is 1. The Labute approximate surface area is 73.3 Å². The summed E-state index contributed by atoms with van der Waals surface area (Å²) in [5.74, 6) is 0. The molecule has 2 nitrogen and oxygen atoms in total. The second-order valence-electron chi connectivity index (χ2n) is 3.19. The zero-order chi connectivity index (χ0) is 8.97. The molecule has 1 atom stereocenters. The fourth-order valence-electron chi connectivity index (χ4n) is 1.14. The van der Waals surface area contributed by atoms with Gasteiger partial charge < -0.3 is 5.11 Å². The highest BCUT2D eigenvalue weighted by Crippen LogP contribution is 2.05. The molecule has 0 fully saturated rings. The molecule has 0 aliphatic rings. The summed E-state index contributed by atoms with van der Waals surface area (Å²) < 4.78 is 0. The first-order valence-electron chi connectivity index (χ1n) is 4.28. The Morgan fingerprint density at radius 3 is 2.92 bits per heavy atom. The largest absolute Gasteiger partial charge is 0.393 e. The van der Waals surface area contributed by atoms with Crippen molar-refractivity contribution < 1.29 is 5.11 Å². The Morgan fingerprint density at radius 2 is 2.33 bits per heavy atom. The van der Waals surface area contributed by atoms with E-state index in [-0.39, 0.29) is 6.10 Å². The van der Waals surface area contributed by atoms with Crippen LogP contribution in [0.25, 0.3) is 0 Å². The number of nitrogens with zero attached hydrogens (tertiary/aromatic N) is 1. The normalized spacial score (nSPS) is 12.9. The van der Waals surface area contributed by atoms with Crippen molar-refractivity contribution in [3.05, 3.63) is 29.6 Å². The smallest absolute Gasteiger partial charge is 0.0515 e. The Kier molecular flexibility index (Phi) is 3.23. The third-order valence-electron chi connectivity index (χ3n) is 1.81. The van der Waals surface area contributed by atoms with E-state index in [1.165, 1.54) is 5.56 Å². The van der Waals surface area contributed by atoms with Gasteiger partial charge >= 0.3 is 0 Å². The molecule has 0 spiro atoms. The van der Waals surface area contributed by atoms with Crippen molar-refractivity contribution in [1.29, 1.82) is 0 Å². The first kappa shape index (κ1) is 9.20. The summed E-state index contributed by atoms with van der Waals surface area (Å²) in [6, 6.07) is 4.05. The maximum atomic E-state index is 9.07. The average molecular weight is 165 g/mol. The zero-order valence-electron chi connectivity index (χ0n) is 7.62. The molecule has 0 amide bonds. The van der Waals surface area contributed by atoms with E-state index in [0.29, 0.717) is 0 Å². The summed E-state index contributed by atoms with van der Waals surface area (Å²) >= 11 is 0. The van der Waals surface area contributed by atoms with Crippen LogP contribution in [0.1, 0.15) is 24.6 Å². The van der Waals surface area contributed by atoms with Crippen LogP contribution in [0, 0.1) is 6.92 Å². The van der Waals surface area contributed by atoms with E-state index in [1.54, 1.807) is 0 Å². The molecular weight excluding hydrogens is 150 g/mol. The van der Waals surface area contributed by atoms with E-state index in [2.05, 4.69) is 11.1 Å². The number of hydrogen-bond donors (Lipinski definition) is 1. The highest BCUT2D eigenvalue weighted by molar-refractivity contribution is 5.15. The maximum absolute atomic E-state index is 9.07. The van der Waals surface area contributed by atoms with Gasteiger partial charge in [-0.15, -0.1) is 0 Å². The van der Waals surface area contributed by atoms with E-state index in [1.807, 2.05) is 26.1 Å². The van der Waals surface area contributed by atoms with Gasteiger partial charge in [-0.3, -0.25) is 4.98 Å². The van der Waals surface area contributed by atoms with Gasteiger partial charge in [0, 0.05) is 11.9 Å². The van der Waals surface area contributed by atoms with Crippen LogP contribution in [0.15, 0.2) is 18.3 Å². The molecule has 1 rings (SSSR count). The van der Waals surface area contributed by atoms with Crippen molar-refractivity contribution in [2.45, 2.75) is 32.8 Å². The van der Waals surface area contributed by atoms with Gasteiger partial charge in [-0.25, -0.2) is 0 Å². The van der Waals surface area contributed by atoms with Crippen LogP contribution in [-0.2, 0) is 6.42 Å². The lowest BCUT2D eigenvalue weighted by molar-refractivity contribution is 0.185. The Morgan fingerprint density at radius 1 is 1.58 bits per heavy atom. The third-order valence-corrected chi connectivity index (χ3v) is 1.81. The zero-order valence-corrected chi connectivity index (χ0v) is 7.62. The van der Waals surface area contributed by atoms with Crippen molar-refractivity contribution in [2.24, 2.45) is 0 Å². The lowest BCUT2D eigenvalue weighted by atomic mass is 10.1. The van der Waals surface area contributed by atoms with Crippen molar-refractivity contribution >= 4 is 0 Å². The predicted octanol–water partition coefficient (Wildman–Crippen LogP) is 1.70. The molecule has 0 aliphatic carbocycles. The van der Waals surface area contributed by atoms with E-state index < -0.39 is 0 Å². The van der Waals surface area contributed by atoms with Crippen LogP contribution in [-0.4, -0.2) is 16.2 Å². The lowest BCUT2D eigenvalue weighted by Crippen LogP contribution is -2.01. The molecule has 1 heterocycles. The summed E-state index contributed by atoms with van der Waals surface area (Å²) in [6.07, 6.45) is 3.36. The lowest BCUT2D eigenvalue weighted by Gasteiger charge is -2.03. The topological polar surface area (TPSA) is 33.1 Å². The van der Waals surface area contributed by atoms with Crippen molar-refractivity contribution in [3.8, 4) is 0 Å². The summed E-state index contributed by atoms with van der Waals surface area (Å²) in [5.41, 5.74) is 2.29. The second-order valence-corrected chi connectivity index (χ2v) is 3.19. The van der Waals surface area contributed by atoms with Crippen LogP contribution in [0.2, 0.25) is 0 Å². The van der Waals surface area contributed by atoms with Gasteiger partial charge in [0.2, 0.25) is 0 Å². The van der Waals surface area contributed by atoms with Crippen LogP contribution < -0.4 is 0 Å². The van der Waals surface area contributed by atoms with Gasteiger partial charge in [0.05, 0.1) is 6.10 Å². The standard InChI is InChI=1S/C10H15NO/c1-8-7-10(5-6-11-8)4-3-9(2)12/h5-7,9,12H,3-4H2,1-2H3. The number of aryl methyl sites for hydroxylation is 2. The van der Waals surface area contributed by atoms with E-state index in [9.17, 15) is 0 Å². The molecule has 66 valence electrons. The molecule has 0 saturated carbocycles. The number of hydrogen-bond acceptors (Lipinski definition) is 2. The highest BCUT2D eigenvalue weighted by Gasteiger charge is 1.97. The minimum absolute atomic E-state index is 0.210. The minimum atomic E-state index is -0.210. The van der Waals surface area contributed by atoms with E-state index in [4.69, 9.17) is 5.11 Å². The summed E-state index contributed by atoms with van der Waals surface area (Å²) in [4.78, 5) is 4.10. The monoisotopic (exact) mass is 165 g/mol. The molecule has 2 heteroatoms. The van der Waals surface area contributed by atoms with Crippen LogP contribution in [0.5, 0.6) is 0 Å². The molecular formula is C10H15NO. The molecule has 1 N–H and O–H groups in total. The molecule has 1 unspecified atom stereocenters. The van der Waals surface area contributed by atoms with Crippen LogP contribution in [0.4, 0.5) is 0 Å². The third kappa shape index (κ3) is 3.01. The quantitative estimate of drug-likeness (QED) is 0.739. The molecule has 1 aromatic rings. The SMILES string of the molecule is Cc1cc(CCC(C)O)ccn1. The summed E-state index contributed by atoms with van der Waals surface area (Å²) in [6.45, 7) is 3.79. The van der Waals surface area contributed by atoms with Gasteiger partial charge in [-0.1, -0.05) is 0 Å². The van der Waals surface area contributed by atoms with Crippen LogP contribution >= 0.6 is 0 Å². The molecule has 0 aliphatic heterocycles. The predicted molar refractivity (Wildman–Crippen MR) is 49.0 cm³/mol. The first-order chi connectivity index (χ1) is 5.68. The average Bonchev–Trinajstić information content (AvgIpc) is 2.01. The Hall–Kier alpha value is -0.890. The van der Waals surface area contributed by atoms with E-state index in [0.717, 1.165) is 18.5 Å². The number of aliphatic hydroxyl groups excluding tert-OH is 1. The van der Waals surface area contributed by atoms with Gasteiger partial charge in [0.1, 0.15) is 0 Å². The number of rotatable bonds is 3. The van der Waals surface area contributed by atoms with E-state index >= 15 is 0 Å². The first-order valence-corrected chi connectivity index (χ1v) is 4.28. The molecule has 0 radical (unpaired) electrons. The fraction of sp³-hybridized carbons (Fsp3) is 0.500. The second kappa shape index (κ2) is 4.21. The van der Waals surface area contributed by atoms with Crippen molar-refractivity contribution in [2.75, 3.05) is 0 Å². The molecule has 1 aromatic heterocycles. The maximum Gasteiger partial charge on any atom is 0.0515 e. The molecule has 12 heavy (non-hydrogen) atoms. The van der Waals surface area contributed by atoms with Gasteiger partial charge in [0.15, 0.2) is 0 Å². The number of pyridine rings is 1. The molecule has 0 aromatic carbocycles. The summed E-state index contributed by atoms with van der Waals surface area (Å²) in [7, 11) is 0. The minimum Gasteiger partial charge on any atom is -0.393 e. The van der Waals surface area contributed by atoms with Crippen LogP contribution in [0.3, 0.4) is 0 Å². The molecule has 0 bridgehead atoms. The Balaban J connectivity index is 2.52. The van der Waals surface area contributed by atoms with Gasteiger partial charge in [-0.05, 0) is 44.4 Å². The summed E-state index contributed by atoms with van der Waals surface area (Å²) in [5, 5.41) is 9.07. The fourth-order valence-corrected chi connectivity index (χ4v) is 1.14. The van der Waals surface area contributed by atoms with Crippen molar-refractivity contribution in [3.63, 3.8) is 0 Å². The molecule has 0 saturated heterocycles. The van der Waals surface area contributed by atoms with Gasteiger partial charge in [-0.2, -0.15) is 0 Å².